The average molecular weight is 231 g/mol. The fourth-order valence-corrected chi connectivity index (χ4v) is 2.94. The van der Waals surface area contributed by atoms with Crippen LogP contribution in [0.3, 0.4) is 0 Å². The van der Waals surface area contributed by atoms with Gasteiger partial charge >= 0.3 is 0 Å². The number of nitrogens with one attached hydrogen (secondary N) is 1. The Bertz CT molecular complexity index is 358. The van der Waals surface area contributed by atoms with Crippen LogP contribution in [0.5, 0.6) is 0 Å². The van der Waals surface area contributed by atoms with Gasteiger partial charge in [0.05, 0.1) is 0 Å². The van der Waals surface area contributed by atoms with Gasteiger partial charge in [-0.25, -0.2) is 0 Å². The molecule has 1 aliphatic carbocycles. The lowest BCUT2D eigenvalue weighted by molar-refractivity contribution is 0.206. The highest BCUT2D eigenvalue weighted by atomic mass is 14.9. The van der Waals surface area contributed by atoms with Crippen molar-refractivity contribution in [2.24, 2.45) is 11.8 Å². The SMILES string of the molecule is Cc1cccc(CNC2CCCC(C)C2C)c1. The van der Waals surface area contributed by atoms with E-state index >= 15 is 0 Å². The van der Waals surface area contributed by atoms with Crippen LogP contribution in [-0.2, 0) is 6.54 Å². The Hall–Kier alpha value is -0.820. The first-order chi connectivity index (χ1) is 8.16. The molecule has 1 N–H and O–H groups in total. The molecule has 3 atom stereocenters. The van der Waals surface area contributed by atoms with Crippen molar-refractivity contribution in [1.82, 2.24) is 5.32 Å². The Morgan fingerprint density at radius 3 is 2.82 bits per heavy atom. The summed E-state index contributed by atoms with van der Waals surface area (Å²) in [6.45, 7) is 7.97. The summed E-state index contributed by atoms with van der Waals surface area (Å²) < 4.78 is 0. The minimum atomic E-state index is 0.708. The normalized spacial score (nSPS) is 29.2. The summed E-state index contributed by atoms with van der Waals surface area (Å²) in [4.78, 5) is 0. The molecule has 17 heavy (non-hydrogen) atoms. The molecule has 94 valence electrons. The standard InChI is InChI=1S/C16H25N/c1-12-6-4-8-15(10-12)11-17-16-9-5-7-13(2)14(16)3/h4,6,8,10,13-14,16-17H,5,7,9,11H2,1-3H3. The molecule has 0 spiro atoms. The van der Waals surface area contributed by atoms with Crippen LogP contribution in [-0.4, -0.2) is 6.04 Å². The monoisotopic (exact) mass is 231 g/mol. The maximum atomic E-state index is 3.75. The number of hydrogen-bond donors (Lipinski definition) is 1. The van der Waals surface area contributed by atoms with E-state index in [2.05, 4.69) is 50.4 Å². The van der Waals surface area contributed by atoms with Crippen LogP contribution in [0.2, 0.25) is 0 Å². The third kappa shape index (κ3) is 3.32. The molecule has 0 bridgehead atoms. The average Bonchev–Trinajstić information content (AvgIpc) is 2.31. The van der Waals surface area contributed by atoms with Gasteiger partial charge in [0.1, 0.15) is 0 Å². The van der Waals surface area contributed by atoms with Crippen molar-refractivity contribution in [3.05, 3.63) is 35.4 Å². The van der Waals surface area contributed by atoms with E-state index in [1.807, 2.05) is 0 Å². The first kappa shape index (κ1) is 12.6. The molecule has 0 aliphatic heterocycles. The second kappa shape index (κ2) is 5.68. The molecule has 1 aliphatic rings. The van der Waals surface area contributed by atoms with Crippen molar-refractivity contribution >= 4 is 0 Å². The fourth-order valence-electron chi connectivity index (χ4n) is 2.94. The van der Waals surface area contributed by atoms with Gasteiger partial charge in [-0.15, -0.1) is 0 Å². The van der Waals surface area contributed by atoms with Gasteiger partial charge in [0.15, 0.2) is 0 Å². The highest BCUT2D eigenvalue weighted by Crippen LogP contribution is 2.29. The fraction of sp³-hybridized carbons (Fsp3) is 0.625. The van der Waals surface area contributed by atoms with E-state index in [0.717, 1.165) is 18.4 Å². The van der Waals surface area contributed by atoms with E-state index in [4.69, 9.17) is 0 Å². The molecule has 2 rings (SSSR count). The predicted octanol–water partition coefficient (Wildman–Crippen LogP) is 3.91. The molecule has 1 aromatic carbocycles. The summed E-state index contributed by atoms with van der Waals surface area (Å²) in [7, 11) is 0. The topological polar surface area (TPSA) is 12.0 Å². The predicted molar refractivity (Wildman–Crippen MR) is 74.0 cm³/mol. The molecule has 0 saturated heterocycles. The molecule has 1 nitrogen and oxygen atoms in total. The van der Waals surface area contributed by atoms with Crippen LogP contribution < -0.4 is 5.32 Å². The molecule has 0 aromatic heterocycles. The second-order valence-electron chi connectivity index (χ2n) is 5.74. The molecule has 1 aromatic rings. The van der Waals surface area contributed by atoms with Crippen LogP contribution in [0, 0.1) is 18.8 Å². The van der Waals surface area contributed by atoms with Gasteiger partial charge < -0.3 is 5.32 Å². The summed E-state index contributed by atoms with van der Waals surface area (Å²) in [5.41, 5.74) is 2.77. The van der Waals surface area contributed by atoms with Crippen molar-refractivity contribution in [2.45, 2.75) is 52.6 Å². The third-order valence-corrected chi connectivity index (χ3v) is 4.36. The van der Waals surface area contributed by atoms with Crippen molar-refractivity contribution in [1.29, 1.82) is 0 Å². The maximum Gasteiger partial charge on any atom is 0.0208 e. The first-order valence-corrected chi connectivity index (χ1v) is 6.96. The van der Waals surface area contributed by atoms with E-state index in [9.17, 15) is 0 Å². The smallest absolute Gasteiger partial charge is 0.0208 e. The van der Waals surface area contributed by atoms with Crippen LogP contribution >= 0.6 is 0 Å². The molecule has 0 heterocycles. The van der Waals surface area contributed by atoms with Crippen LogP contribution in [0.15, 0.2) is 24.3 Å². The zero-order valence-corrected chi connectivity index (χ0v) is 11.4. The quantitative estimate of drug-likeness (QED) is 0.831. The Labute approximate surface area is 106 Å². The highest BCUT2D eigenvalue weighted by Gasteiger charge is 2.26. The summed E-state index contributed by atoms with van der Waals surface area (Å²) >= 11 is 0. The van der Waals surface area contributed by atoms with E-state index < -0.39 is 0 Å². The summed E-state index contributed by atoms with van der Waals surface area (Å²) in [5, 5.41) is 3.75. The van der Waals surface area contributed by atoms with Crippen molar-refractivity contribution in [2.75, 3.05) is 0 Å². The number of hydrogen-bond acceptors (Lipinski definition) is 1. The summed E-state index contributed by atoms with van der Waals surface area (Å²) in [5.74, 6) is 1.69. The molecule has 0 radical (unpaired) electrons. The zero-order valence-electron chi connectivity index (χ0n) is 11.4. The Morgan fingerprint density at radius 1 is 1.24 bits per heavy atom. The molecule has 1 saturated carbocycles. The lowest BCUT2D eigenvalue weighted by atomic mass is 9.78. The lowest BCUT2D eigenvalue weighted by Gasteiger charge is -2.34. The molecular formula is C16H25N. The molecule has 1 fully saturated rings. The third-order valence-electron chi connectivity index (χ3n) is 4.36. The van der Waals surface area contributed by atoms with Crippen LogP contribution in [0.1, 0.15) is 44.2 Å². The van der Waals surface area contributed by atoms with Gasteiger partial charge in [0.25, 0.3) is 0 Å². The zero-order chi connectivity index (χ0) is 12.3. The highest BCUT2D eigenvalue weighted by molar-refractivity contribution is 5.22. The van der Waals surface area contributed by atoms with Crippen molar-refractivity contribution in [3.63, 3.8) is 0 Å². The van der Waals surface area contributed by atoms with E-state index in [0.29, 0.717) is 6.04 Å². The summed E-state index contributed by atoms with van der Waals surface area (Å²) in [6.07, 6.45) is 4.14. The second-order valence-corrected chi connectivity index (χ2v) is 5.74. The molecule has 0 amide bonds. The number of rotatable bonds is 3. The largest absolute Gasteiger partial charge is 0.310 e. The van der Waals surface area contributed by atoms with E-state index in [1.165, 1.54) is 30.4 Å². The molecular weight excluding hydrogens is 206 g/mol. The van der Waals surface area contributed by atoms with Crippen molar-refractivity contribution in [3.8, 4) is 0 Å². The molecule has 3 unspecified atom stereocenters. The van der Waals surface area contributed by atoms with E-state index in [1.54, 1.807) is 0 Å². The Kier molecular flexibility index (Phi) is 4.22. The van der Waals surface area contributed by atoms with Gasteiger partial charge in [-0.3, -0.25) is 0 Å². The Balaban J connectivity index is 1.89. The maximum absolute atomic E-state index is 3.75. The first-order valence-electron chi connectivity index (χ1n) is 6.96. The van der Waals surface area contributed by atoms with Crippen molar-refractivity contribution < 1.29 is 0 Å². The van der Waals surface area contributed by atoms with Gasteiger partial charge in [-0.05, 0) is 30.7 Å². The minimum Gasteiger partial charge on any atom is -0.310 e. The van der Waals surface area contributed by atoms with E-state index in [-0.39, 0.29) is 0 Å². The minimum absolute atomic E-state index is 0.708. The summed E-state index contributed by atoms with van der Waals surface area (Å²) in [6, 6.07) is 9.52. The number of aryl methyl sites for hydroxylation is 1. The van der Waals surface area contributed by atoms with Gasteiger partial charge in [-0.1, -0.05) is 56.5 Å². The van der Waals surface area contributed by atoms with Crippen LogP contribution in [0.4, 0.5) is 0 Å². The number of benzene rings is 1. The van der Waals surface area contributed by atoms with Gasteiger partial charge in [0, 0.05) is 12.6 Å². The van der Waals surface area contributed by atoms with Gasteiger partial charge in [-0.2, -0.15) is 0 Å². The van der Waals surface area contributed by atoms with Crippen LogP contribution in [0.25, 0.3) is 0 Å². The van der Waals surface area contributed by atoms with Gasteiger partial charge in [0.2, 0.25) is 0 Å². The lowest BCUT2D eigenvalue weighted by Crippen LogP contribution is -2.40. The Morgan fingerprint density at radius 2 is 2.06 bits per heavy atom. The molecule has 1 heteroatoms.